The van der Waals surface area contributed by atoms with E-state index in [4.69, 9.17) is 0 Å². The molecule has 0 N–H and O–H groups in total. The standard InChI is InChI=1S/C26H27FN4O2/c1-3-18-12-22-19(13-25(18)33)11-17(15-29-22)16-30-7-9-31(10-8-30)23-6-5-20(24(32)4-2)26(27)21(23)14-28/h5-6,11-12,15H,3-4,7-10,13,16H2,1-2H3. The van der Waals surface area contributed by atoms with Crippen molar-refractivity contribution in [3.05, 3.63) is 63.7 Å². The van der Waals surface area contributed by atoms with Crippen LogP contribution in [0.2, 0.25) is 0 Å². The molecule has 0 unspecified atom stereocenters. The lowest BCUT2D eigenvalue weighted by Crippen LogP contribution is -2.46. The molecule has 1 aliphatic carbocycles. The Hall–Kier alpha value is -3.37. The van der Waals surface area contributed by atoms with E-state index in [0.717, 1.165) is 48.4 Å². The molecule has 0 atom stereocenters. The van der Waals surface area contributed by atoms with Gasteiger partial charge in [-0.25, -0.2) is 4.39 Å². The Morgan fingerprint density at radius 3 is 2.64 bits per heavy atom. The minimum Gasteiger partial charge on any atom is -0.368 e. The third kappa shape index (κ3) is 4.57. The van der Waals surface area contributed by atoms with Gasteiger partial charge in [-0.15, -0.1) is 0 Å². The molecule has 33 heavy (non-hydrogen) atoms. The summed E-state index contributed by atoms with van der Waals surface area (Å²) in [6.07, 6.45) is 5.09. The number of allylic oxidation sites excluding steroid dienone is 1. The van der Waals surface area contributed by atoms with Crippen LogP contribution in [-0.2, 0) is 17.8 Å². The highest BCUT2D eigenvalue weighted by molar-refractivity contribution is 6.03. The SMILES string of the molecule is CCC(=O)c1ccc(N2CCN(Cc3cnc4c(c3)CC(=O)C(CC)=C4)CC2)c(C#N)c1F. The van der Waals surface area contributed by atoms with Crippen molar-refractivity contribution < 1.29 is 14.0 Å². The van der Waals surface area contributed by atoms with Gasteiger partial charge in [0, 0.05) is 51.8 Å². The molecule has 0 amide bonds. The molecular formula is C26H27FN4O2. The molecule has 2 aromatic rings. The van der Waals surface area contributed by atoms with Gasteiger partial charge in [-0.1, -0.05) is 19.9 Å². The molecule has 2 aliphatic rings. The predicted octanol–water partition coefficient (Wildman–Crippen LogP) is 3.93. The van der Waals surface area contributed by atoms with Gasteiger partial charge in [0.1, 0.15) is 11.6 Å². The number of piperazine rings is 1. The first-order valence-electron chi connectivity index (χ1n) is 11.4. The zero-order valence-electron chi connectivity index (χ0n) is 19.0. The summed E-state index contributed by atoms with van der Waals surface area (Å²) in [4.78, 5) is 33.0. The first kappa shape index (κ1) is 22.8. The van der Waals surface area contributed by atoms with E-state index in [1.165, 1.54) is 6.07 Å². The summed E-state index contributed by atoms with van der Waals surface area (Å²) in [6, 6.07) is 7.19. The maximum absolute atomic E-state index is 14.8. The number of rotatable bonds is 6. The van der Waals surface area contributed by atoms with Crippen LogP contribution in [0.15, 0.2) is 30.0 Å². The number of carbonyl (C=O) groups excluding carboxylic acids is 2. The van der Waals surface area contributed by atoms with Crippen molar-refractivity contribution in [3.63, 3.8) is 0 Å². The molecule has 0 bridgehead atoms. The van der Waals surface area contributed by atoms with Crippen LogP contribution in [-0.4, -0.2) is 47.6 Å². The number of pyridine rings is 1. The minimum absolute atomic E-state index is 0.0178. The van der Waals surface area contributed by atoms with E-state index < -0.39 is 5.82 Å². The second-order valence-corrected chi connectivity index (χ2v) is 8.48. The highest BCUT2D eigenvalue weighted by Gasteiger charge is 2.24. The number of aromatic nitrogens is 1. The second kappa shape index (κ2) is 9.63. The first-order chi connectivity index (χ1) is 15.9. The van der Waals surface area contributed by atoms with Crippen molar-refractivity contribution in [1.82, 2.24) is 9.88 Å². The van der Waals surface area contributed by atoms with Gasteiger partial charge in [-0.05, 0) is 41.3 Å². The number of fused-ring (bicyclic) bond motifs is 1. The van der Waals surface area contributed by atoms with Crippen molar-refractivity contribution in [1.29, 1.82) is 5.26 Å². The number of anilines is 1. The van der Waals surface area contributed by atoms with E-state index in [1.54, 1.807) is 13.0 Å². The van der Waals surface area contributed by atoms with Crippen LogP contribution < -0.4 is 4.90 Å². The van der Waals surface area contributed by atoms with Gasteiger partial charge in [0.15, 0.2) is 17.4 Å². The van der Waals surface area contributed by atoms with Crippen LogP contribution in [0.5, 0.6) is 0 Å². The van der Waals surface area contributed by atoms with Gasteiger partial charge in [0.25, 0.3) is 0 Å². The second-order valence-electron chi connectivity index (χ2n) is 8.48. The third-order valence-corrected chi connectivity index (χ3v) is 6.43. The van der Waals surface area contributed by atoms with Crippen LogP contribution >= 0.6 is 0 Å². The summed E-state index contributed by atoms with van der Waals surface area (Å²) in [6.45, 7) is 7.17. The quantitative estimate of drug-likeness (QED) is 0.626. The number of nitriles is 1. The van der Waals surface area contributed by atoms with Crippen molar-refractivity contribution in [3.8, 4) is 6.07 Å². The molecule has 2 heterocycles. The van der Waals surface area contributed by atoms with Gasteiger partial charge in [-0.2, -0.15) is 5.26 Å². The van der Waals surface area contributed by atoms with Gasteiger partial charge < -0.3 is 4.90 Å². The van der Waals surface area contributed by atoms with Crippen molar-refractivity contribution in [2.45, 2.75) is 39.7 Å². The molecule has 1 aromatic carbocycles. The Bertz CT molecular complexity index is 1170. The molecular weight excluding hydrogens is 419 g/mol. The van der Waals surface area contributed by atoms with Crippen LogP contribution in [0.4, 0.5) is 10.1 Å². The molecule has 6 nitrogen and oxygen atoms in total. The monoisotopic (exact) mass is 446 g/mol. The Morgan fingerprint density at radius 1 is 1.21 bits per heavy atom. The van der Waals surface area contributed by atoms with Gasteiger partial charge >= 0.3 is 0 Å². The molecule has 0 saturated carbocycles. The summed E-state index contributed by atoms with van der Waals surface area (Å²) in [5, 5.41) is 9.53. The van der Waals surface area contributed by atoms with E-state index in [0.29, 0.717) is 25.2 Å². The number of carbonyl (C=O) groups is 2. The topological polar surface area (TPSA) is 77.3 Å². The maximum atomic E-state index is 14.8. The molecule has 1 aliphatic heterocycles. The Balaban J connectivity index is 1.43. The average Bonchev–Trinajstić information content (AvgIpc) is 2.83. The van der Waals surface area contributed by atoms with Crippen LogP contribution in [0.1, 0.15) is 59.4 Å². The number of hydrogen-bond acceptors (Lipinski definition) is 6. The van der Waals surface area contributed by atoms with Crippen LogP contribution in [0.3, 0.4) is 0 Å². The minimum atomic E-state index is -0.723. The molecule has 1 fully saturated rings. The highest BCUT2D eigenvalue weighted by atomic mass is 19.1. The van der Waals surface area contributed by atoms with E-state index in [-0.39, 0.29) is 29.1 Å². The molecule has 0 spiro atoms. The van der Waals surface area contributed by atoms with Gasteiger partial charge in [-0.3, -0.25) is 19.5 Å². The Morgan fingerprint density at radius 2 is 1.97 bits per heavy atom. The Kier molecular flexibility index (Phi) is 6.66. The predicted molar refractivity (Wildman–Crippen MR) is 124 cm³/mol. The largest absolute Gasteiger partial charge is 0.368 e. The molecule has 1 aromatic heterocycles. The van der Waals surface area contributed by atoms with Gasteiger partial charge in [0.2, 0.25) is 0 Å². The van der Waals surface area contributed by atoms with Crippen LogP contribution in [0.25, 0.3) is 6.08 Å². The number of benzene rings is 1. The molecule has 170 valence electrons. The zero-order chi connectivity index (χ0) is 23.5. The van der Waals surface area contributed by atoms with E-state index in [1.807, 2.05) is 30.2 Å². The third-order valence-electron chi connectivity index (χ3n) is 6.43. The fourth-order valence-electron chi connectivity index (χ4n) is 4.51. The summed E-state index contributed by atoms with van der Waals surface area (Å²) >= 11 is 0. The number of hydrogen-bond donors (Lipinski definition) is 0. The number of nitrogens with zero attached hydrogens (tertiary/aromatic N) is 4. The number of halogens is 1. The highest BCUT2D eigenvalue weighted by Crippen LogP contribution is 2.28. The fourth-order valence-corrected chi connectivity index (χ4v) is 4.51. The molecule has 7 heteroatoms. The smallest absolute Gasteiger partial charge is 0.165 e. The van der Waals surface area contributed by atoms with Crippen molar-refractivity contribution in [2.75, 3.05) is 31.1 Å². The van der Waals surface area contributed by atoms with Crippen LogP contribution in [0, 0.1) is 17.1 Å². The van der Waals surface area contributed by atoms with E-state index in [2.05, 4.69) is 16.0 Å². The molecule has 0 radical (unpaired) electrons. The zero-order valence-corrected chi connectivity index (χ0v) is 19.0. The lowest BCUT2D eigenvalue weighted by atomic mass is 9.92. The first-order valence-corrected chi connectivity index (χ1v) is 11.4. The lowest BCUT2D eigenvalue weighted by Gasteiger charge is -2.36. The normalized spacial score (nSPS) is 16.2. The number of Topliss-reactive ketones (excluding diaryl/α,β-unsaturated/α-hetero) is 2. The van der Waals surface area contributed by atoms with E-state index >= 15 is 0 Å². The average molecular weight is 447 g/mol. The lowest BCUT2D eigenvalue weighted by molar-refractivity contribution is -0.115. The summed E-state index contributed by atoms with van der Waals surface area (Å²) in [7, 11) is 0. The van der Waals surface area contributed by atoms with E-state index in [9.17, 15) is 19.2 Å². The van der Waals surface area contributed by atoms with Gasteiger partial charge in [0.05, 0.1) is 16.9 Å². The van der Waals surface area contributed by atoms with Crippen molar-refractivity contribution in [2.24, 2.45) is 0 Å². The Labute approximate surface area is 193 Å². The summed E-state index contributed by atoms with van der Waals surface area (Å²) in [5.74, 6) is -0.855. The fraction of sp³-hybridized carbons (Fsp3) is 0.385. The summed E-state index contributed by atoms with van der Waals surface area (Å²) in [5.41, 5.74) is 4.21. The molecule has 1 saturated heterocycles. The number of ketones is 2. The van der Waals surface area contributed by atoms with Crippen molar-refractivity contribution >= 4 is 23.3 Å². The summed E-state index contributed by atoms with van der Waals surface area (Å²) < 4.78 is 14.8. The maximum Gasteiger partial charge on any atom is 0.165 e. The molecule has 4 rings (SSSR count).